The molecule has 2 aliphatic heterocycles. The standard InChI is InChI=1S/C28H40O17S/c1-9-46-28-26(42-18(8)35)24(40-16(6)33)22(20(44-28)11-37-13(3)30)45-27-25(41-17(7)34)23(39-15(5)32)21(38-14(4)31)19(43-27)10-36-12(2)29/h19-28H,9-11H2,1-8H3/t19?,20?,21-,22-,23?,24?,25?,26?,27+,28+/m1/s1. The molecule has 0 bridgehead atoms. The van der Waals surface area contributed by atoms with Crippen LogP contribution >= 0.6 is 11.8 Å². The number of hydrogen-bond donors (Lipinski definition) is 0. The van der Waals surface area contributed by atoms with Gasteiger partial charge in [-0.05, 0) is 5.75 Å². The van der Waals surface area contributed by atoms with Crippen LogP contribution in [0, 0.1) is 0 Å². The normalized spacial score (nSPS) is 30.6. The Morgan fingerprint density at radius 1 is 0.500 bits per heavy atom. The predicted molar refractivity (Wildman–Crippen MR) is 151 cm³/mol. The Balaban J connectivity index is 2.70. The number of ether oxygens (including phenoxy) is 10. The first kappa shape index (κ1) is 38.7. The predicted octanol–water partition coefficient (Wildman–Crippen LogP) is 0.359. The summed E-state index contributed by atoms with van der Waals surface area (Å²) in [6, 6.07) is 0. The molecule has 0 spiro atoms. The minimum Gasteiger partial charge on any atom is -0.463 e. The number of esters is 7. The third-order valence-corrected chi connectivity index (χ3v) is 7.26. The Morgan fingerprint density at radius 3 is 1.33 bits per heavy atom. The van der Waals surface area contributed by atoms with Crippen LogP contribution in [0.5, 0.6) is 0 Å². The third kappa shape index (κ3) is 11.7. The topological polar surface area (TPSA) is 212 Å². The fraction of sp³-hybridized carbons (Fsp3) is 0.750. The van der Waals surface area contributed by atoms with Crippen molar-refractivity contribution >= 4 is 53.5 Å². The minimum atomic E-state index is -1.72. The number of thioether (sulfide) groups is 1. The second-order valence-electron chi connectivity index (χ2n) is 10.1. The lowest BCUT2D eigenvalue weighted by atomic mass is 9.96. The van der Waals surface area contributed by atoms with Crippen molar-refractivity contribution in [2.24, 2.45) is 0 Å². The monoisotopic (exact) mass is 680 g/mol. The average Bonchev–Trinajstić information content (AvgIpc) is 2.91. The van der Waals surface area contributed by atoms with E-state index in [1.807, 2.05) is 0 Å². The van der Waals surface area contributed by atoms with Gasteiger partial charge in [-0.25, -0.2) is 0 Å². The smallest absolute Gasteiger partial charge is 0.303 e. The first-order chi connectivity index (χ1) is 21.5. The van der Waals surface area contributed by atoms with Crippen LogP contribution in [0.4, 0.5) is 0 Å². The average molecular weight is 681 g/mol. The van der Waals surface area contributed by atoms with E-state index in [1.54, 1.807) is 6.92 Å². The van der Waals surface area contributed by atoms with Gasteiger partial charge in [0.1, 0.15) is 37.0 Å². The first-order valence-corrected chi connectivity index (χ1v) is 15.3. The summed E-state index contributed by atoms with van der Waals surface area (Å²) in [5.41, 5.74) is -0.922. The molecule has 0 aromatic rings. The summed E-state index contributed by atoms with van der Waals surface area (Å²) < 4.78 is 56.1. The summed E-state index contributed by atoms with van der Waals surface area (Å²) in [6.07, 6.45) is -13.1. The second-order valence-corrected chi connectivity index (χ2v) is 11.5. The van der Waals surface area contributed by atoms with Crippen LogP contribution in [-0.2, 0) is 80.9 Å². The number of hydrogen-bond acceptors (Lipinski definition) is 18. The zero-order valence-electron chi connectivity index (χ0n) is 26.7. The van der Waals surface area contributed by atoms with E-state index < -0.39 is 116 Å². The molecule has 17 nitrogen and oxygen atoms in total. The molecule has 0 radical (unpaired) electrons. The molecule has 0 saturated carbocycles. The van der Waals surface area contributed by atoms with E-state index in [2.05, 4.69) is 0 Å². The summed E-state index contributed by atoms with van der Waals surface area (Å²) in [4.78, 5) is 84.5. The lowest BCUT2D eigenvalue weighted by molar-refractivity contribution is -0.341. The van der Waals surface area contributed by atoms with E-state index in [-0.39, 0.29) is 0 Å². The molecule has 260 valence electrons. The van der Waals surface area contributed by atoms with Crippen LogP contribution in [0.3, 0.4) is 0 Å². The number of carbonyl (C=O) groups is 7. The highest BCUT2D eigenvalue weighted by atomic mass is 32.2. The van der Waals surface area contributed by atoms with E-state index in [0.717, 1.165) is 48.5 Å². The maximum absolute atomic E-state index is 12.3. The molecule has 46 heavy (non-hydrogen) atoms. The molecule has 0 aliphatic carbocycles. The van der Waals surface area contributed by atoms with Crippen molar-refractivity contribution in [3.8, 4) is 0 Å². The van der Waals surface area contributed by atoms with E-state index in [4.69, 9.17) is 47.4 Å². The Labute approximate surface area is 269 Å². The van der Waals surface area contributed by atoms with Gasteiger partial charge in [0.05, 0.1) is 0 Å². The molecule has 2 fully saturated rings. The van der Waals surface area contributed by atoms with E-state index >= 15 is 0 Å². The van der Waals surface area contributed by atoms with Gasteiger partial charge in [0.25, 0.3) is 0 Å². The van der Waals surface area contributed by atoms with Crippen molar-refractivity contribution in [1.29, 1.82) is 0 Å². The molecule has 0 amide bonds. The van der Waals surface area contributed by atoms with Crippen LogP contribution in [0.25, 0.3) is 0 Å². The molecule has 0 aromatic heterocycles. The molecule has 2 heterocycles. The van der Waals surface area contributed by atoms with Crippen LogP contribution < -0.4 is 0 Å². The quantitative estimate of drug-likeness (QED) is 0.190. The SMILES string of the molecule is CCS[C@@H]1OC(COC(C)=O)[C@@H](O[C@@H]2OC(COC(C)=O)[C@@H](OC(C)=O)C(OC(C)=O)C2OC(C)=O)C(OC(C)=O)C1OC(C)=O. The van der Waals surface area contributed by atoms with Crippen LogP contribution in [0.15, 0.2) is 0 Å². The zero-order valence-corrected chi connectivity index (χ0v) is 27.6. The Morgan fingerprint density at radius 2 is 0.891 bits per heavy atom. The summed E-state index contributed by atoms with van der Waals surface area (Å²) >= 11 is 1.21. The van der Waals surface area contributed by atoms with E-state index in [1.165, 1.54) is 11.8 Å². The van der Waals surface area contributed by atoms with Crippen molar-refractivity contribution in [3.05, 3.63) is 0 Å². The Bertz CT molecular complexity index is 1130. The molecule has 6 unspecified atom stereocenters. The van der Waals surface area contributed by atoms with Crippen molar-refractivity contribution < 1.29 is 80.9 Å². The van der Waals surface area contributed by atoms with Gasteiger partial charge in [-0.1, -0.05) is 6.92 Å². The largest absolute Gasteiger partial charge is 0.463 e. The Hall–Kier alpha value is -3.48. The Kier molecular flexibility index (Phi) is 15.2. The zero-order chi connectivity index (χ0) is 34.7. The van der Waals surface area contributed by atoms with Gasteiger partial charge in [0.2, 0.25) is 0 Å². The van der Waals surface area contributed by atoms with Gasteiger partial charge < -0.3 is 47.4 Å². The molecular formula is C28H40O17S. The molecule has 2 saturated heterocycles. The van der Waals surface area contributed by atoms with Crippen molar-refractivity contribution in [1.82, 2.24) is 0 Å². The highest BCUT2D eigenvalue weighted by Gasteiger charge is 2.57. The lowest BCUT2D eigenvalue weighted by Crippen LogP contribution is -2.66. The molecule has 2 rings (SSSR count). The molecule has 2 aliphatic rings. The van der Waals surface area contributed by atoms with Gasteiger partial charge in [-0.15, -0.1) is 11.8 Å². The maximum atomic E-state index is 12.3. The highest BCUT2D eigenvalue weighted by Crippen LogP contribution is 2.37. The third-order valence-electron chi connectivity index (χ3n) is 6.22. The van der Waals surface area contributed by atoms with Gasteiger partial charge >= 0.3 is 41.8 Å². The van der Waals surface area contributed by atoms with Crippen molar-refractivity contribution in [2.45, 2.75) is 116 Å². The van der Waals surface area contributed by atoms with E-state index in [0.29, 0.717) is 5.75 Å². The molecule has 10 atom stereocenters. The number of carbonyl (C=O) groups excluding carboxylic acids is 7. The number of rotatable bonds is 13. The fourth-order valence-corrected chi connectivity index (χ4v) is 5.72. The van der Waals surface area contributed by atoms with Crippen LogP contribution in [0.2, 0.25) is 0 Å². The van der Waals surface area contributed by atoms with Gasteiger partial charge in [-0.3, -0.25) is 33.6 Å². The van der Waals surface area contributed by atoms with Crippen LogP contribution in [0.1, 0.15) is 55.4 Å². The molecular weight excluding hydrogens is 640 g/mol. The molecule has 0 aromatic carbocycles. The molecule has 18 heteroatoms. The summed E-state index contributed by atoms with van der Waals surface area (Å²) in [5, 5.41) is 0. The molecule has 0 N–H and O–H groups in total. The maximum Gasteiger partial charge on any atom is 0.303 e. The van der Waals surface area contributed by atoms with Gasteiger partial charge in [0, 0.05) is 48.5 Å². The lowest BCUT2D eigenvalue weighted by Gasteiger charge is -2.48. The van der Waals surface area contributed by atoms with Crippen molar-refractivity contribution in [3.63, 3.8) is 0 Å². The van der Waals surface area contributed by atoms with Crippen LogP contribution in [-0.4, -0.2) is 121 Å². The summed E-state index contributed by atoms with van der Waals surface area (Å²) in [7, 11) is 0. The first-order valence-electron chi connectivity index (χ1n) is 14.2. The summed E-state index contributed by atoms with van der Waals surface area (Å²) in [6.45, 7) is 8.52. The fourth-order valence-electron chi connectivity index (χ4n) is 4.77. The van der Waals surface area contributed by atoms with Crippen molar-refractivity contribution in [2.75, 3.05) is 19.0 Å². The van der Waals surface area contributed by atoms with E-state index in [9.17, 15) is 33.6 Å². The minimum absolute atomic E-state index is 0.434. The highest BCUT2D eigenvalue weighted by molar-refractivity contribution is 7.99. The van der Waals surface area contributed by atoms with Gasteiger partial charge in [-0.2, -0.15) is 0 Å². The summed E-state index contributed by atoms with van der Waals surface area (Å²) in [5.74, 6) is -5.06. The second kappa shape index (κ2) is 18.0. The van der Waals surface area contributed by atoms with Gasteiger partial charge in [0.15, 0.2) is 36.8 Å².